The smallest absolute Gasteiger partial charge is 0.305 e. The maximum absolute atomic E-state index is 11.4. The first-order valence-corrected chi connectivity index (χ1v) is 7.88. The third kappa shape index (κ3) is 13.9. The molecule has 0 spiro atoms. The number of rotatable bonds is 11. The SMILES string of the molecule is CC(C)CCCOC(=O)CCCCC(=O)OCC(Cl)Cl. The van der Waals surface area contributed by atoms with Crippen LogP contribution in [0, 0.1) is 5.92 Å². The monoisotopic (exact) mass is 326 g/mol. The summed E-state index contributed by atoms with van der Waals surface area (Å²) in [5, 5.41) is 0. The number of esters is 2. The number of alkyl halides is 2. The van der Waals surface area contributed by atoms with E-state index in [4.69, 9.17) is 32.7 Å². The summed E-state index contributed by atoms with van der Waals surface area (Å²) in [5.41, 5.74) is 0. The highest BCUT2D eigenvalue weighted by atomic mass is 35.5. The van der Waals surface area contributed by atoms with Gasteiger partial charge in [-0.25, -0.2) is 0 Å². The van der Waals surface area contributed by atoms with Crippen molar-refractivity contribution in [2.75, 3.05) is 13.2 Å². The van der Waals surface area contributed by atoms with Crippen LogP contribution in [0.25, 0.3) is 0 Å². The molecule has 0 aromatic carbocycles. The molecule has 0 aromatic rings. The average Bonchev–Trinajstić information content (AvgIpc) is 2.37. The number of carbonyl (C=O) groups excluding carboxylic acids is 2. The lowest BCUT2D eigenvalue weighted by atomic mass is 10.1. The van der Waals surface area contributed by atoms with Gasteiger partial charge in [0.2, 0.25) is 0 Å². The van der Waals surface area contributed by atoms with Crippen LogP contribution in [0.15, 0.2) is 0 Å². The summed E-state index contributed by atoms with van der Waals surface area (Å²) < 4.78 is 9.88. The molecular formula is C14H24Cl2O4. The third-order valence-electron chi connectivity index (χ3n) is 2.57. The first kappa shape index (κ1) is 19.5. The Hall–Kier alpha value is -0.480. The molecule has 0 N–H and O–H groups in total. The molecule has 0 unspecified atom stereocenters. The van der Waals surface area contributed by atoms with E-state index in [9.17, 15) is 9.59 Å². The van der Waals surface area contributed by atoms with E-state index >= 15 is 0 Å². The minimum atomic E-state index is -0.695. The van der Waals surface area contributed by atoms with E-state index in [-0.39, 0.29) is 25.0 Å². The largest absolute Gasteiger partial charge is 0.466 e. The van der Waals surface area contributed by atoms with Gasteiger partial charge in [0.05, 0.1) is 6.61 Å². The summed E-state index contributed by atoms with van der Waals surface area (Å²) in [6.45, 7) is 4.75. The minimum absolute atomic E-state index is 0.000161. The molecule has 0 aromatic heterocycles. The van der Waals surface area contributed by atoms with Crippen molar-refractivity contribution in [1.29, 1.82) is 0 Å². The lowest BCUT2D eigenvalue weighted by Gasteiger charge is -2.07. The van der Waals surface area contributed by atoms with Gasteiger partial charge < -0.3 is 9.47 Å². The molecule has 6 heteroatoms. The molecule has 0 saturated heterocycles. The van der Waals surface area contributed by atoms with E-state index in [0.717, 1.165) is 12.8 Å². The highest BCUT2D eigenvalue weighted by Crippen LogP contribution is 2.07. The maximum atomic E-state index is 11.4. The second-order valence-corrected chi connectivity index (χ2v) is 6.31. The summed E-state index contributed by atoms with van der Waals surface area (Å²) in [7, 11) is 0. The van der Waals surface area contributed by atoms with Crippen LogP contribution in [-0.2, 0) is 19.1 Å². The fraction of sp³-hybridized carbons (Fsp3) is 0.857. The Labute approximate surface area is 131 Å². The predicted molar refractivity (Wildman–Crippen MR) is 80.0 cm³/mol. The highest BCUT2D eigenvalue weighted by Gasteiger charge is 2.08. The molecule has 0 aliphatic rings. The van der Waals surface area contributed by atoms with Crippen molar-refractivity contribution in [2.24, 2.45) is 5.92 Å². The summed E-state index contributed by atoms with van der Waals surface area (Å²) in [6, 6.07) is 0. The topological polar surface area (TPSA) is 52.6 Å². The van der Waals surface area contributed by atoms with Gasteiger partial charge in [0.15, 0.2) is 0 Å². The first-order valence-electron chi connectivity index (χ1n) is 7.01. The first-order chi connectivity index (χ1) is 9.41. The van der Waals surface area contributed by atoms with Crippen molar-refractivity contribution in [3.8, 4) is 0 Å². The van der Waals surface area contributed by atoms with Crippen LogP contribution in [0.1, 0.15) is 52.4 Å². The van der Waals surface area contributed by atoms with Gasteiger partial charge in [-0.05, 0) is 31.6 Å². The van der Waals surface area contributed by atoms with E-state index in [1.807, 2.05) is 0 Å². The molecule has 0 rings (SSSR count). The highest BCUT2D eigenvalue weighted by molar-refractivity contribution is 6.44. The molecule has 0 saturated carbocycles. The average molecular weight is 327 g/mol. The molecule has 0 bridgehead atoms. The van der Waals surface area contributed by atoms with E-state index < -0.39 is 4.84 Å². The Balaban J connectivity index is 3.41. The number of ether oxygens (including phenoxy) is 2. The lowest BCUT2D eigenvalue weighted by molar-refractivity contribution is -0.145. The maximum Gasteiger partial charge on any atom is 0.305 e. The van der Waals surface area contributed by atoms with E-state index in [2.05, 4.69) is 13.8 Å². The lowest BCUT2D eigenvalue weighted by Crippen LogP contribution is -2.10. The molecule has 20 heavy (non-hydrogen) atoms. The van der Waals surface area contributed by atoms with E-state index in [1.54, 1.807) is 0 Å². The van der Waals surface area contributed by atoms with Crippen molar-refractivity contribution in [2.45, 2.75) is 57.2 Å². The van der Waals surface area contributed by atoms with Gasteiger partial charge in [0, 0.05) is 12.8 Å². The summed E-state index contributed by atoms with van der Waals surface area (Å²) in [4.78, 5) is 21.9. The quantitative estimate of drug-likeness (QED) is 0.328. The Morgan fingerprint density at radius 1 is 0.950 bits per heavy atom. The molecular weight excluding hydrogens is 303 g/mol. The van der Waals surface area contributed by atoms with Gasteiger partial charge in [-0.3, -0.25) is 9.59 Å². The Morgan fingerprint density at radius 2 is 1.50 bits per heavy atom. The van der Waals surface area contributed by atoms with Gasteiger partial charge in [0.25, 0.3) is 0 Å². The summed E-state index contributed by atoms with van der Waals surface area (Å²) in [5.74, 6) is 0.0746. The van der Waals surface area contributed by atoms with Crippen LogP contribution in [0.3, 0.4) is 0 Å². The predicted octanol–water partition coefficient (Wildman–Crippen LogP) is 3.87. The Morgan fingerprint density at radius 3 is 2.00 bits per heavy atom. The summed E-state index contributed by atoms with van der Waals surface area (Å²) in [6.07, 6.45) is 3.76. The molecule has 0 amide bonds. The number of carbonyl (C=O) groups is 2. The zero-order chi connectivity index (χ0) is 15.4. The Bertz CT molecular complexity index is 280. The second-order valence-electron chi connectivity index (χ2n) is 5.04. The molecule has 118 valence electrons. The molecule has 0 fully saturated rings. The van der Waals surface area contributed by atoms with E-state index in [0.29, 0.717) is 31.8 Å². The van der Waals surface area contributed by atoms with Crippen molar-refractivity contribution in [3.63, 3.8) is 0 Å². The van der Waals surface area contributed by atoms with Gasteiger partial charge in [-0.1, -0.05) is 13.8 Å². The van der Waals surface area contributed by atoms with Crippen molar-refractivity contribution in [1.82, 2.24) is 0 Å². The van der Waals surface area contributed by atoms with Crippen molar-refractivity contribution >= 4 is 35.1 Å². The van der Waals surface area contributed by atoms with E-state index in [1.165, 1.54) is 0 Å². The van der Waals surface area contributed by atoms with Gasteiger partial charge in [0.1, 0.15) is 11.4 Å². The zero-order valence-corrected chi connectivity index (χ0v) is 13.7. The molecule has 0 atom stereocenters. The summed E-state index contributed by atoms with van der Waals surface area (Å²) >= 11 is 10.9. The molecule has 0 aliphatic heterocycles. The standard InChI is InChI=1S/C14H24Cl2O4/c1-11(2)6-5-9-19-13(17)7-3-4-8-14(18)20-10-12(15)16/h11-12H,3-10H2,1-2H3. The van der Waals surface area contributed by atoms with Crippen LogP contribution < -0.4 is 0 Å². The van der Waals surface area contributed by atoms with Crippen LogP contribution in [-0.4, -0.2) is 30.0 Å². The Kier molecular flexibility index (Phi) is 12.0. The van der Waals surface area contributed by atoms with Gasteiger partial charge in [-0.15, -0.1) is 23.2 Å². The minimum Gasteiger partial charge on any atom is -0.466 e. The number of hydrogen-bond donors (Lipinski definition) is 0. The molecule has 0 radical (unpaired) electrons. The second kappa shape index (κ2) is 12.3. The van der Waals surface area contributed by atoms with Crippen LogP contribution >= 0.6 is 23.2 Å². The van der Waals surface area contributed by atoms with Crippen molar-refractivity contribution < 1.29 is 19.1 Å². The number of unbranched alkanes of at least 4 members (excludes halogenated alkanes) is 1. The molecule has 0 aliphatic carbocycles. The third-order valence-corrected chi connectivity index (χ3v) is 2.82. The number of hydrogen-bond acceptors (Lipinski definition) is 4. The van der Waals surface area contributed by atoms with Crippen molar-refractivity contribution in [3.05, 3.63) is 0 Å². The van der Waals surface area contributed by atoms with Gasteiger partial charge in [-0.2, -0.15) is 0 Å². The van der Waals surface area contributed by atoms with Crippen LogP contribution in [0.5, 0.6) is 0 Å². The zero-order valence-electron chi connectivity index (χ0n) is 12.2. The normalized spacial score (nSPS) is 10.9. The fourth-order valence-corrected chi connectivity index (χ4v) is 1.64. The van der Waals surface area contributed by atoms with Crippen LogP contribution in [0.2, 0.25) is 0 Å². The number of halogens is 2. The molecule has 0 heterocycles. The fourth-order valence-electron chi connectivity index (χ4n) is 1.52. The molecule has 4 nitrogen and oxygen atoms in total. The van der Waals surface area contributed by atoms with Gasteiger partial charge >= 0.3 is 11.9 Å². The van der Waals surface area contributed by atoms with Crippen LogP contribution in [0.4, 0.5) is 0 Å².